The van der Waals surface area contributed by atoms with Gasteiger partial charge in [0.1, 0.15) is 17.9 Å². The standard InChI is InChI=1S/C14H19BrN2O4/c1-5-19-11-9(15)8-10-12(16-11)20-7-6-17(10)13(18)21-14(2,3)4/h8H,5-7H2,1-4H3. The molecule has 7 heteroatoms. The van der Waals surface area contributed by atoms with Crippen LogP contribution in [0.4, 0.5) is 10.5 Å². The van der Waals surface area contributed by atoms with Crippen molar-refractivity contribution in [2.24, 2.45) is 0 Å². The summed E-state index contributed by atoms with van der Waals surface area (Å²) in [5.41, 5.74) is 0.0247. The van der Waals surface area contributed by atoms with Gasteiger partial charge in [-0.3, -0.25) is 4.90 Å². The SMILES string of the molecule is CCOc1nc2c(cc1Br)N(C(=O)OC(C)(C)C)CCO2. The molecule has 0 fully saturated rings. The van der Waals surface area contributed by atoms with Gasteiger partial charge in [0.2, 0.25) is 11.8 Å². The summed E-state index contributed by atoms with van der Waals surface area (Å²) in [6.07, 6.45) is -0.412. The van der Waals surface area contributed by atoms with Crippen molar-refractivity contribution >= 4 is 27.7 Å². The maximum absolute atomic E-state index is 12.3. The Morgan fingerprint density at radius 2 is 2.24 bits per heavy atom. The molecule has 1 amide bonds. The number of aromatic nitrogens is 1. The topological polar surface area (TPSA) is 60.9 Å². The second kappa shape index (κ2) is 6.09. The summed E-state index contributed by atoms with van der Waals surface area (Å²) in [5, 5.41) is 0. The van der Waals surface area contributed by atoms with Crippen LogP contribution in [0.2, 0.25) is 0 Å². The first-order valence-corrected chi connectivity index (χ1v) is 7.58. The molecule has 1 aromatic heterocycles. The molecule has 0 aliphatic carbocycles. The van der Waals surface area contributed by atoms with Crippen LogP contribution in [0, 0.1) is 0 Å². The van der Waals surface area contributed by atoms with Gasteiger partial charge < -0.3 is 14.2 Å². The molecule has 0 N–H and O–H groups in total. The van der Waals surface area contributed by atoms with E-state index in [4.69, 9.17) is 14.2 Å². The zero-order valence-electron chi connectivity index (χ0n) is 12.6. The van der Waals surface area contributed by atoms with Crippen LogP contribution in [0.3, 0.4) is 0 Å². The monoisotopic (exact) mass is 358 g/mol. The summed E-state index contributed by atoms with van der Waals surface area (Å²) < 4.78 is 17.0. The van der Waals surface area contributed by atoms with Crippen LogP contribution in [0.5, 0.6) is 11.8 Å². The average molecular weight is 359 g/mol. The van der Waals surface area contributed by atoms with Crippen LogP contribution in [-0.2, 0) is 4.74 Å². The van der Waals surface area contributed by atoms with Crippen LogP contribution >= 0.6 is 15.9 Å². The van der Waals surface area contributed by atoms with Gasteiger partial charge in [0.05, 0.1) is 17.6 Å². The summed E-state index contributed by atoms with van der Waals surface area (Å²) in [6.45, 7) is 8.66. The normalized spacial score (nSPS) is 14.2. The number of halogens is 1. The number of carbonyl (C=O) groups excluding carboxylic acids is 1. The Labute approximate surface area is 132 Å². The Kier molecular flexibility index (Phi) is 4.61. The molecule has 21 heavy (non-hydrogen) atoms. The van der Waals surface area contributed by atoms with E-state index in [1.807, 2.05) is 27.7 Å². The third-order valence-electron chi connectivity index (χ3n) is 2.63. The minimum atomic E-state index is -0.550. The first-order chi connectivity index (χ1) is 9.81. The van der Waals surface area contributed by atoms with Crippen LogP contribution in [0.25, 0.3) is 0 Å². The highest BCUT2D eigenvalue weighted by atomic mass is 79.9. The van der Waals surface area contributed by atoms with E-state index in [2.05, 4.69) is 20.9 Å². The second-order valence-electron chi connectivity index (χ2n) is 5.51. The molecule has 0 aromatic carbocycles. The number of carbonyl (C=O) groups is 1. The Hall–Kier alpha value is -1.50. The third-order valence-corrected chi connectivity index (χ3v) is 3.20. The molecule has 2 rings (SSSR count). The zero-order valence-corrected chi connectivity index (χ0v) is 14.2. The lowest BCUT2D eigenvalue weighted by Gasteiger charge is -2.31. The third kappa shape index (κ3) is 3.78. The van der Waals surface area contributed by atoms with E-state index in [9.17, 15) is 4.79 Å². The lowest BCUT2D eigenvalue weighted by Crippen LogP contribution is -2.41. The molecule has 1 aromatic rings. The molecule has 0 atom stereocenters. The molecule has 1 aliphatic heterocycles. The van der Waals surface area contributed by atoms with E-state index in [0.29, 0.717) is 41.7 Å². The van der Waals surface area contributed by atoms with E-state index in [1.165, 1.54) is 4.90 Å². The van der Waals surface area contributed by atoms with Gasteiger partial charge in [-0.1, -0.05) is 0 Å². The van der Waals surface area contributed by atoms with E-state index >= 15 is 0 Å². The molecule has 6 nitrogen and oxygen atoms in total. The van der Waals surface area contributed by atoms with Crippen LogP contribution in [-0.4, -0.2) is 36.4 Å². The summed E-state index contributed by atoms with van der Waals surface area (Å²) in [6, 6.07) is 1.76. The number of fused-ring (bicyclic) bond motifs is 1. The van der Waals surface area contributed by atoms with Crippen LogP contribution < -0.4 is 14.4 Å². The van der Waals surface area contributed by atoms with E-state index < -0.39 is 11.7 Å². The van der Waals surface area contributed by atoms with E-state index in [-0.39, 0.29) is 0 Å². The number of rotatable bonds is 2. The largest absolute Gasteiger partial charge is 0.477 e. The Morgan fingerprint density at radius 3 is 2.86 bits per heavy atom. The zero-order chi connectivity index (χ0) is 15.6. The number of hydrogen-bond acceptors (Lipinski definition) is 5. The van der Waals surface area contributed by atoms with Crippen molar-refractivity contribution in [1.29, 1.82) is 0 Å². The Morgan fingerprint density at radius 1 is 1.52 bits per heavy atom. The average Bonchev–Trinajstić information content (AvgIpc) is 2.37. The minimum Gasteiger partial charge on any atom is -0.477 e. The van der Waals surface area contributed by atoms with Crippen molar-refractivity contribution in [3.63, 3.8) is 0 Å². The molecule has 0 saturated carbocycles. The number of hydrogen-bond donors (Lipinski definition) is 0. The van der Waals surface area contributed by atoms with Gasteiger partial charge in [-0.15, -0.1) is 0 Å². The quantitative estimate of drug-likeness (QED) is 0.810. The molecule has 116 valence electrons. The van der Waals surface area contributed by atoms with Gasteiger partial charge in [-0.05, 0) is 49.7 Å². The van der Waals surface area contributed by atoms with Gasteiger partial charge in [-0.25, -0.2) is 4.79 Å². The van der Waals surface area contributed by atoms with Crippen molar-refractivity contribution in [3.8, 4) is 11.8 Å². The Bertz CT molecular complexity index is 543. The smallest absolute Gasteiger partial charge is 0.415 e. The van der Waals surface area contributed by atoms with Gasteiger partial charge >= 0.3 is 6.09 Å². The van der Waals surface area contributed by atoms with Gasteiger partial charge in [0.15, 0.2) is 0 Å². The highest BCUT2D eigenvalue weighted by Crippen LogP contribution is 2.37. The van der Waals surface area contributed by atoms with E-state index in [0.717, 1.165) is 0 Å². The molecular formula is C14H19BrN2O4. The highest BCUT2D eigenvalue weighted by Gasteiger charge is 2.30. The van der Waals surface area contributed by atoms with Crippen molar-refractivity contribution in [3.05, 3.63) is 10.5 Å². The molecule has 0 bridgehead atoms. The molecule has 0 radical (unpaired) electrons. The van der Waals surface area contributed by atoms with Crippen molar-refractivity contribution in [2.75, 3.05) is 24.7 Å². The van der Waals surface area contributed by atoms with Crippen molar-refractivity contribution in [1.82, 2.24) is 4.98 Å². The molecule has 2 heterocycles. The summed E-state index contributed by atoms with van der Waals surface area (Å²) in [5.74, 6) is 0.820. The highest BCUT2D eigenvalue weighted by molar-refractivity contribution is 9.10. The Balaban J connectivity index is 2.31. The summed E-state index contributed by atoms with van der Waals surface area (Å²) >= 11 is 3.39. The molecule has 0 saturated heterocycles. The van der Waals surface area contributed by atoms with Crippen LogP contribution in [0.1, 0.15) is 27.7 Å². The molecular weight excluding hydrogens is 340 g/mol. The van der Waals surface area contributed by atoms with Crippen LogP contribution in [0.15, 0.2) is 10.5 Å². The first-order valence-electron chi connectivity index (χ1n) is 6.78. The molecule has 1 aliphatic rings. The molecule has 0 spiro atoms. The lowest BCUT2D eigenvalue weighted by atomic mass is 10.2. The van der Waals surface area contributed by atoms with E-state index in [1.54, 1.807) is 6.07 Å². The molecule has 0 unspecified atom stereocenters. The van der Waals surface area contributed by atoms with Gasteiger partial charge in [0.25, 0.3) is 0 Å². The number of amides is 1. The van der Waals surface area contributed by atoms with Crippen molar-refractivity contribution < 1.29 is 19.0 Å². The number of ether oxygens (including phenoxy) is 3. The lowest BCUT2D eigenvalue weighted by molar-refractivity contribution is 0.0566. The van der Waals surface area contributed by atoms with Gasteiger partial charge in [-0.2, -0.15) is 4.98 Å². The number of anilines is 1. The fourth-order valence-corrected chi connectivity index (χ4v) is 2.26. The fraction of sp³-hybridized carbons (Fsp3) is 0.571. The summed E-state index contributed by atoms with van der Waals surface area (Å²) in [7, 11) is 0. The fourth-order valence-electron chi connectivity index (χ4n) is 1.84. The minimum absolute atomic E-state index is 0.368. The predicted octanol–water partition coefficient (Wildman–Crippen LogP) is 3.38. The van der Waals surface area contributed by atoms with Gasteiger partial charge in [0, 0.05) is 0 Å². The number of pyridine rings is 1. The number of nitrogens with zero attached hydrogens (tertiary/aromatic N) is 2. The van der Waals surface area contributed by atoms with Crippen molar-refractivity contribution in [2.45, 2.75) is 33.3 Å². The summed E-state index contributed by atoms with van der Waals surface area (Å²) in [4.78, 5) is 18.1. The first kappa shape index (κ1) is 15.9. The second-order valence-corrected chi connectivity index (χ2v) is 6.37. The maximum atomic E-state index is 12.3. The predicted molar refractivity (Wildman–Crippen MR) is 82.2 cm³/mol. The maximum Gasteiger partial charge on any atom is 0.415 e.